The Kier molecular flexibility index (Phi) is 6.92. The Labute approximate surface area is 203 Å². The second kappa shape index (κ2) is 10.1. The molecule has 182 valence electrons. The first-order valence-corrected chi connectivity index (χ1v) is 12.5. The Hall–Kier alpha value is -4.05. The molecule has 0 unspecified atom stereocenters. The van der Waals surface area contributed by atoms with E-state index in [0.29, 0.717) is 53.8 Å². The molecule has 2 amide bonds. The van der Waals surface area contributed by atoms with E-state index < -0.39 is 10.0 Å². The molecule has 3 aromatic rings. The maximum absolute atomic E-state index is 12.8. The molecule has 0 fully saturated rings. The standard InChI is InChI=1S/C25H25N3O6S/c1-3-24(29)26-19-7-4-16(2)21(14-19)27-25(30)17-5-8-18(9-6-17)28-35(31,32)20-10-11-22-23(15-20)34-13-12-33-22/h4-11,14-15,28H,3,12-13H2,1-2H3,(H,26,29)(H,27,30). The second-order valence-electron chi connectivity index (χ2n) is 7.87. The Morgan fingerprint density at radius 2 is 1.54 bits per heavy atom. The highest BCUT2D eigenvalue weighted by Crippen LogP contribution is 2.32. The number of fused-ring (bicyclic) bond motifs is 1. The summed E-state index contributed by atoms with van der Waals surface area (Å²) < 4.78 is 39.0. The molecule has 0 radical (unpaired) electrons. The third kappa shape index (κ3) is 5.72. The topological polar surface area (TPSA) is 123 Å². The average Bonchev–Trinajstić information content (AvgIpc) is 2.85. The number of carbonyl (C=O) groups is 2. The van der Waals surface area contributed by atoms with Crippen LogP contribution in [0.15, 0.2) is 65.6 Å². The Balaban J connectivity index is 1.45. The number of sulfonamides is 1. The van der Waals surface area contributed by atoms with Crippen LogP contribution in [0.3, 0.4) is 0 Å². The van der Waals surface area contributed by atoms with E-state index in [-0.39, 0.29) is 16.7 Å². The molecule has 35 heavy (non-hydrogen) atoms. The summed E-state index contributed by atoms with van der Waals surface area (Å²) in [6.45, 7) is 4.37. The zero-order chi connectivity index (χ0) is 25.0. The summed E-state index contributed by atoms with van der Waals surface area (Å²) in [4.78, 5) is 24.4. The van der Waals surface area contributed by atoms with E-state index in [4.69, 9.17) is 9.47 Å². The van der Waals surface area contributed by atoms with Crippen molar-refractivity contribution in [3.05, 3.63) is 71.8 Å². The van der Waals surface area contributed by atoms with Crippen molar-refractivity contribution in [3.63, 3.8) is 0 Å². The van der Waals surface area contributed by atoms with Crippen molar-refractivity contribution in [1.82, 2.24) is 0 Å². The van der Waals surface area contributed by atoms with Gasteiger partial charge in [0.05, 0.1) is 4.90 Å². The molecule has 1 heterocycles. The fourth-order valence-electron chi connectivity index (χ4n) is 3.37. The molecule has 3 aromatic carbocycles. The van der Waals surface area contributed by atoms with Gasteiger partial charge >= 0.3 is 0 Å². The van der Waals surface area contributed by atoms with Crippen molar-refractivity contribution in [3.8, 4) is 11.5 Å². The fourth-order valence-corrected chi connectivity index (χ4v) is 4.45. The van der Waals surface area contributed by atoms with Gasteiger partial charge in [-0.2, -0.15) is 0 Å². The molecule has 9 nitrogen and oxygen atoms in total. The molecule has 10 heteroatoms. The summed E-state index contributed by atoms with van der Waals surface area (Å²) in [6.07, 6.45) is 0.348. The number of hydrogen-bond acceptors (Lipinski definition) is 6. The molecular weight excluding hydrogens is 470 g/mol. The van der Waals surface area contributed by atoms with Crippen LogP contribution in [0, 0.1) is 6.92 Å². The van der Waals surface area contributed by atoms with E-state index in [2.05, 4.69) is 15.4 Å². The normalized spacial score (nSPS) is 12.5. The van der Waals surface area contributed by atoms with Gasteiger partial charge in [0.15, 0.2) is 11.5 Å². The van der Waals surface area contributed by atoms with Gasteiger partial charge in [-0.05, 0) is 61.0 Å². The molecule has 0 bridgehead atoms. The van der Waals surface area contributed by atoms with Crippen molar-refractivity contribution in [2.75, 3.05) is 28.6 Å². The number of amides is 2. The van der Waals surface area contributed by atoms with E-state index in [1.165, 1.54) is 36.4 Å². The first-order valence-electron chi connectivity index (χ1n) is 11.0. The lowest BCUT2D eigenvalue weighted by Crippen LogP contribution is -2.17. The number of carbonyl (C=O) groups excluding carboxylic acids is 2. The van der Waals surface area contributed by atoms with Crippen molar-refractivity contribution in [2.24, 2.45) is 0 Å². The molecule has 0 saturated heterocycles. The molecule has 0 aromatic heterocycles. The van der Waals surface area contributed by atoms with Crippen LogP contribution >= 0.6 is 0 Å². The summed E-state index contributed by atoms with van der Waals surface area (Å²) in [5, 5.41) is 5.59. The highest BCUT2D eigenvalue weighted by molar-refractivity contribution is 7.92. The molecule has 1 aliphatic heterocycles. The minimum atomic E-state index is -3.87. The van der Waals surface area contributed by atoms with Crippen molar-refractivity contribution in [2.45, 2.75) is 25.2 Å². The monoisotopic (exact) mass is 495 g/mol. The lowest BCUT2D eigenvalue weighted by atomic mass is 10.1. The molecular formula is C25H25N3O6S. The van der Waals surface area contributed by atoms with Gasteiger partial charge in [-0.1, -0.05) is 13.0 Å². The van der Waals surface area contributed by atoms with Crippen molar-refractivity contribution >= 4 is 38.9 Å². The van der Waals surface area contributed by atoms with E-state index in [1.54, 1.807) is 31.2 Å². The van der Waals surface area contributed by atoms with Crippen LogP contribution in [0.2, 0.25) is 0 Å². The first-order chi connectivity index (χ1) is 16.7. The number of nitrogens with one attached hydrogen (secondary N) is 3. The van der Waals surface area contributed by atoms with Crippen molar-refractivity contribution in [1.29, 1.82) is 0 Å². The zero-order valence-corrected chi connectivity index (χ0v) is 20.1. The maximum Gasteiger partial charge on any atom is 0.262 e. The van der Waals surface area contributed by atoms with Crippen LogP contribution in [0.4, 0.5) is 17.1 Å². The average molecular weight is 496 g/mol. The molecule has 0 spiro atoms. The van der Waals surface area contributed by atoms with Crippen molar-refractivity contribution < 1.29 is 27.5 Å². The van der Waals surface area contributed by atoms with E-state index >= 15 is 0 Å². The van der Waals surface area contributed by atoms with Gasteiger partial charge in [0.25, 0.3) is 15.9 Å². The highest BCUT2D eigenvalue weighted by atomic mass is 32.2. The third-order valence-electron chi connectivity index (χ3n) is 5.31. The van der Waals surface area contributed by atoms with Crippen LogP contribution in [0.5, 0.6) is 11.5 Å². The SMILES string of the molecule is CCC(=O)Nc1ccc(C)c(NC(=O)c2ccc(NS(=O)(=O)c3ccc4c(c3)OCCO4)cc2)c1. The van der Waals surface area contributed by atoms with Crippen LogP contribution in [0.1, 0.15) is 29.3 Å². The van der Waals surface area contributed by atoms with Crippen LogP contribution in [-0.2, 0) is 14.8 Å². The van der Waals surface area contributed by atoms with Gasteiger partial charge in [-0.3, -0.25) is 14.3 Å². The van der Waals surface area contributed by atoms with Gasteiger partial charge in [0.1, 0.15) is 13.2 Å². The second-order valence-corrected chi connectivity index (χ2v) is 9.56. The quantitative estimate of drug-likeness (QED) is 0.452. The molecule has 4 rings (SSSR count). The largest absolute Gasteiger partial charge is 0.486 e. The molecule has 3 N–H and O–H groups in total. The smallest absolute Gasteiger partial charge is 0.262 e. The van der Waals surface area contributed by atoms with Gasteiger partial charge in [0.2, 0.25) is 5.91 Å². The number of aryl methyl sites for hydroxylation is 1. The molecule has 0 aliphatic carbocycles. The fraction of sp³-hybridized carbons (Fsp3) is 0.200. The first kappa shape index (κ1) is 24.1. The Morgan fingerprint density at radius 1 is 0.857 bits per heavy atom. The van der Waals surface area contributed by atoms with Gasteiger partial charge in [-0.25, -0.2) is 8.42 Å². The summed E-state index contributed by atoms with van der Waals surface area (Å²) in [6, 6.07) is 15.7. The van der Waals surface area contributed by atoms with Gasteiger partial charge in [-0.15, -0.1) is 0 Å². The van der Waals surface area contributed by atoms with E-state index in [0.717, 1.165) is 5.56 Å². The molecule has 0 atom stereocenters. The summed E-state index contributed by atoms with van der Waals surface area (Å²) >= 11 is 0. The predicted molar refractivity (Wildman–Crippen MR) is 133 cm³/mol. The number of anilines is 3. The van der Waals surface area contributed by atoms with Crippen LogP contribution in [-0.4, -0.2) is 33.4 Å². The Morgan fingerprint density at radius 3 is 2.26 bits per heavy atom. The van der Waals surface area contributed by atoms with Gasteiger partial charge in [0, 0.05) is 35.1 Å². The molecule has 0 saturated carbocycles. The maximum atomic E-state index is 12.8. The number of ether oxygens (including phenoxy) is 2. The summed E-state index contributed by atoms with van der Waals surface area (Å²) in [5.74, 6) is 0.382. The summed E-state index contributed by atoms with van der Waals surface area (Å²) in [7, 11) is -3.87. The van der Waals surface area contributed by atoms with Gasteiger partial charge < -0.3 is 20.1 Å². The highest BCUT2D eigenvalue weighted by Gasteiger charge is 2.20. The van der Waals surface area contributed by atoms with Crippen LogP contribution in [0.25, 0.3) is 0 Å². The zero-order valence-electron chi connectivity index (χ0n) is 19.3. The minimum absolute atomic E-state index is 0.0362. The summed E-state index contributed by atoms with van der Waals surface area (Å²) in [5.41, 5.74) is 2.62. The minimum Gasteiger partial charge on any atom is -0.486 e. The predicted octanol–water partition coefficient (Wildman–Crippen LogP) is 4.17. The van der Waals surface area contributed by atoms with E-state index in [9.17, 15) is 18.0 Å². The third-order valence-corrected chi connectivity index (χ3v) is 6.69. The molecule has 1 aliphatic rings. The van der Waals surface area contributed by atoms with E-state index in [1.807, 2.05) is 6.92 Å². The number of benzene rings is 3. The Bertz CT molecular complexity index is 1370. The lowest BCUT2D eigenvalue weighted by Gasteiger charge is -2.19. The number of hydrogen-bond donors (Lipinski definition) is 3. The van der Waals surface area contributed by atoms with Crippen LogP contribution < -0.4 is 24.8 Å². The number of rotatable bonds is 7. The lowest BCUT2D eigenvalue weighted by molar-refractivity contribution is -0.115.